The first kappa shape index (κ1) is 13.1. The molecule has 1 aromatic carbocycles. The van der Waals surface area contributed by atoms with Crippen molar-refractivity contribution in [2.45, 2.75) is 20.8 Å². The maximum absolute atomic E-state index is 12.2. The first-order valence-electron chi connectivity index (χ1n) is 6.00. The van der Waals surface area contributed by atoms with Gasteiger partial charge in [0.05, 0.1) is 24.2 Å². The first-order chi connectivity index (χ1) is 9.02. The molecule has 19 heavy (non-hydrogen) atoms. The molecule has 0 saturated carbocycles. The summed E-state index contributed by atoms with van der Waals surface area (Å²) < 4.78 is 5.22. The number of aromatic nitrogens is 2. The van der Waals surface area contributed by atoms with Gasteiger partial charge in [-0.25, -0.2) is 0 Å². The second kappa shape index (κ2) is 5.14. The molecule has 5 heteroatoms. The Morgan fingerprint density at radius 2 is 2.05 bits per heavy atom. The summed E-state index contributed by atoms with van der Waals surface area (Å²) in [5.41, 5.74) is 3.89. The van der Waals surface area contributed by atoms with Gasteiger partial charge in [-0.3, -0.25) is 9.89 Å². The van der Waals surface area contributed by atoms with E-state index in [2.05, 4.69) is 15.5 Å². The molecule has 0 aliphatic heterocycles. The minimum Gasteiger partial charge on any atom is -0.496 e. The molecule has 0 bridgehead atoms. The molecule has 2 aromatic rings. The number of carbonyl (C=O) groups excluding carboxylic acids is 1. The van der Waals surface area contributed by atoms with Crippen molar-refractivity contribution in [1.29, 1.82) is 0 Å². The predicted octanol–water partition coefficient (Wildman–Crippen LogP) is 2.60. The minimum atomic E-state index is -0.175. The molecule has 2 N–H and O–H groups in total. The van der Waals surface area contributed by atoms with Crippen LogP contribution >= 0.6 is 0 Å². The third-order valence-electron chi connectivity index (χ3n) is 3.04. The monoisotopic (exact) mass is 259 g/mol. The molecular formula is C14H17N3O2. The van der Waals surface area contributed by atoms with Gasteiger partial charge in [-0.05, 0) is 38.5 Å². The van der Waals surface area contributed by atoms with E-state index in [0.717, 1.165) is 22.6 Å². The van der Waals surface area contributed by atoms with Gasteiger partial charge in [-0.1, -0.05) is 6.07 Å². The number of amides is 1. The number of ether oxygens (including phenoxy) is 1. The van der Waals surface area contributed by atoms with Gasteiger partial charge in [-0.15, -0.1) is 0 Å². The largest absolute Gasteiger partial charge is 0.496 e. The highest BCUT2D eigenvalue weighted by atomic mass is 16.5. The van der Waals surface area contributed by atoms with Crippen molar-refractivity contribution in [3.05, 3.63) is 40.7 Å². The molecule has 0 saturated heterocycles. The average molecular weight is 259 g/mol. The first-order valence-corrected chi connectivity index (χ1v) is 6.00. The number of methoxy groups -OCH3 is 1. The third-order valence-corrected chi connectivity index (χ3v) is 3.04. The summed E-state index contributed by atoms with van der Waals surface area (Å²) in [6.45, 7) is 5.64. The number of aryl methyl sites for hydroxylation is 3. The van der Waals surface area contributed by atoms with E-state index in [-0.39, 0.29) is 5.91 Å². The fraction of sp³-hybridized carbons (Fsp3) is 0.286. The van der Waals surface area contributed by atoms with Gasteiger partial charge in [0.25, 0.3) is 5.91 Å². The summed E-state index contributed by atoms with van der Waals surface area (Å²) in [5, 5.41) is 9.74. The van der Waals surface area contributed by atoms with Crippen LogP contribution in [0.1, 0.15) is 27.3 Å². The Hall–Kier alpha value is -2.30. The van der Waals surface area contributed by atoms with E-state index in [0.29, 0.717) is 11.3 Å². The standard InChI is InChI=1S/C14H17N3O2/c1-8-5-6-11(7-12(8)19-4)14(18)15-13-9(2)16-17-10(13)3/h5-7H,1-4H3,(H,15,18)(H,16,17). The van der Waals surface area contributed by atoms with E-state index >= 15 is 0 Å². The Labute approximate surface area is 112 Å². The molecule has 0 unspecified atom stereocenters. The number of hydrogen-bond donors (Lipinski definition) is 2. The van der Waals surface area contributed by atoms with E-state index in [1.54, 1.807) is 19.2 Å². The van der Waals surface area contributed by atoms with E-state index < -0.39 is 0 Å². The molecule has 0 aliphatic rings. The summed E-state index contributed by atoms with van der Waals surface area (Å²) in [5.74, 6) is 0.527. The Morgan fingerprint density at radius 1 is 1.32 bits per heavy atom. The molecule has 1 heterocycles. The van der Waals surface area contributed by atoms with Crippen LogP contribution in [0.25, 0.3) is 0 Å². The van der Waals surface area contributed by atoms with E-state index in [4.69, 9.17) is 4.74 Å². The normalized spacial score (nSPS) is 10.3. The summed E-state index contributed by atoms with van der Waals surface area (Å²) in [4.78, 5) is 12.2. The molecule has 0 atom stereocenters. The van der Waals surface area contributed by atoms with E-state index in [1.807, 2.05) is 26.8 Å². The zero-order valence-electron chi connectivity index (χ0n) is 11.5. The summed E-state index contributed by atoms with van der Waals surface area (Å²) in [7, 11) is 1.59. The highest BCUT2D eigenvalue weighted by Gasteiger charge is 2.13. The molecule has 1 aromatic heterocycles. The quantitative estimate of drug-likeness (QED) is 0.890. The van der Waals surface area contributed by atoms with E-state index in [1.165, 1.54) is 0 Å². The summed E-state index contributed by atoms with van der Waals surface area (Å²) in [6.07, 6.45) is 0. The number of H-pyrrole nitrogens is 1. The molecule has 0 radical (unpaired) electrons. The van der Waals surface area contributed by atoms with Crippen molar-refractivity contribution < 1.29 is 9.53 Å². The van der Waals surface area contributed by atoms with Crippen molar-refractivity contribution in [2.75, 3.05) is 12.4 Å². The lowest BCUT2D eigenvalue weighted by molar-refractivity contribution is 0.102. The molecule has 0 fully saturated rings. The van der Waals surface area contributed by atoms with Crippen molar-refractivity contribution in [1.82, 2.24) is 10.2 Å². The lowest BCUT2D eigenvalue weighted by Gasteiger charge is -2.08. The minimum absolute atomic E-state index is 0.175. The average Bonchev–Trinajstić information content (AvgIpc) is 2.71. The molecule has 5 nitrogen and oxygen atoms in total. The number of carbonyl (C=O) groups is 1. The lowest BCUT2D eigenvalue weighted by Crippen LogP contribution is -2.13. The molecule has 0 spiro atoms. The fourth-order valence-electron chi connectivity index (χ4n) is 1.88. The molecular weight excluding hydrogens is 242 g/mol. The number of rotatable bonds is 3. The van der Waals surface area contributed by atoms with Gasteiger partial charge < -0.3 is 10.1 Å². The Balaban J connectivity index is 2.25. The smallest absolute Gasteiger partial charge is 0.255 e. The summed E-state index contributed by atoms with van der Waals surface area (Å²) in [6, 6.07) is 5.37. The lowest BCUT2D eigenvalue weighted by atomic mass is 10.1. The van der Waals surface area contributed by atoms with Crippen molar-refractivity contribution in [3.63, 3.8) is 0 Å². The van der Waals surface area contributed by atoms with Crippen LogP contribution in [0.2, 0.25) is 0 Å². The Bertz CT molecular complexity index is 598. The number of nitrogens with one attached hydrogen (secondary N) is 2. The predicted molar refractivity (Wildman–Crippen MR) is 73.7 cm³/mol. The van der Waals surface area contributed by atoms with E-state index in [9.17, 15) is 4.79 Å². The highest BCUT2D eigenvalue weighted by Crippen LogP contribution is 2.21. The number of nitrogens with zero attached hydrogens (tertiary/aromatic N) is 1. The second-order valence-electron chi connectivity index (χ2n) is 4.45. The van der Waals surface area contributed by atoms with Gasteiger partial charge in [0, 0.05) is 5.56 Å². The van der Waals surface area contributed by atoms with Crippen LogP contribution in [0.5, 0.6) is 5.75 Å². The Morgan fingerprint density at radius 3 is 2.63 bits per heavy atom. The van der Waals surface area contributed by atoms with Gasteiger partial charge in [0.1, 0.15) is 5.75 Å². The number of aromatic amines is 1. The zero-order chi connectivity index (χ0) is 14.0. The van der Waals surface area contributed by atoms with Crippen LogP contribution < -0.4 is 10.1 Å². The van der Waals surface area contributed by atoms with Crippen LogP contribution in [0.4, 0.5) is 5.69 Å². The molecule has 2 rings (SSSR count). The van der Waals surface area contributed by atoms with Crippen LogP contribution in [0.3, 0.4) is 0 Å². The van der Waals surface area contributed by atoms with Gasteiger partial charge in [0.2, 0.25) is 0 Å². The van der Waals surface area contributed by atoms with Gasteiger partial charge >= 0.3 is 0 Å². The van der Waals surface area contributed by atoms with Gasteiger partial charge in [0.15, 0.2) is 0 Å². The van der Waals surface area contributed by atoms with Crippen molar-refractivity contribution in [2.24, 2.45) is 0 Å². The van der Waals surface area contributed by atoms with Gasteiger partial charge in [-0.2, -0.15) is 5.10 Å². The van der Waals surface area contributed by atoms with Crippen LogP contribution in [0, 0.1) is 20.8 Å². The number of anilines is 1. The maximum Gasteiger partial charge on any atom is 0.255 e. The van der Waals surface area contributed by atoms with Crippen LogP contribution in [0.15, 0.2) is 18.2 Å². The van der Waals surface area contributed by atoms with Crippen LogP contribution in [-0.4, -0.2) is 23.2 Å². The third kappa shape index (κ3) is 2.59. The van der Waals surface area contributed by atoms with Crippen molar-refractivity contribution >= 4 is 11.6 Å². The number of benzene rings is 1. The SMILES string of the molecule is COc1cc(C(=O)Nc2c(C)n[nH]c2C)ccc1C. The second-order valence-corrected chi connectivity index (χ2v) is 4.45. The summed E-state index contributed by atoms with van der Waals surface area (Å²) >= 11 is 0. The Kier molecular flexibility index (Phi) is 3.55. The van der Waals surface area contributed by atoms with Crippen LogP contribution in [-0.2, 0) is 0 Å². The molecule has 100 valence electrons. The highest BCUT2D eigenvalue weighted by molar-refractivity contribution is 6.05. The fourth-order valence-corrected chi connectivity index (χ4v) is 1.88. The number of hydrogen-bond acceptors (Lipinski definition) is 3. The topological polar surface area (TPSA) is 67.0 Å². The molecule has 0 aliphatic carbocycles. The zero-order valence-corrected chi connectivity index (χ0v) is 11.5. The van der Waals surface area contributed by atoms with Crippen molar-refractivity contribution in [3.8, 4) is 5.75 Å². The maximum atomic E-state index is 12.2. The molecule has 1 amide bonds.